The van der Waals surface area contributed by atoms with Crippen LogP contribution in [0.4, 0.5) is 0 Å². The van der Waals surface area contributed by atoms with Crippen molar-refractivity contribution in [2.45, 2.75) is 38.6 Å². The first-order chi connectivity index (χ1) is 16.2. The third kappa shape index (κ3) is 4.48. The van der Waals surface area contributed by atoms with E-state index in [1.807, 2.05) is 60.7 Å². The number of hydrogen-bond donors (Lipinski definition) is 1. The molecule has 5 heteroatoms. The second-order valence-corrected chi connectivity index (χ2v) is 9.77. The van der Waals surface area contributed by atoms with E-state index in [0.717, 1.165) is 21.9 Å². The van der Waals surface area contributed by atoms with Crippen molar-refractivity contribution in [3.05, 3.63) is 89.0 Å². The van der Waals surface area contributed by atoms with E-state index >= 15 is 0 Å². The topological polar surface area (TPSA) is 66.8 Å². The number of ether oxygens (including phenoxy) is 1. The molecule has 176 valence electrons. The minimum absolute atomic E-state index is 0.0239. The lowest BCUT2D eigenvalue weighted by Crippen LogP contribution is -2.31. The zero-order chi connectivity index (χ0) is 24.5. The molecule has 1 unspecified atom stereocenters. The number of Topliss-reactive ketones (excluding diaryl/α,β-unsaturated/α-hetero) is 1. The highest BCUT2D eigenvalue weighted by Crippen LogP contribution is 2.40. The van der Waals surface area contributed by atoms with E-state index in [1.165, 1.54) is 0 Å². The van der Waals surface area contributed by atoms with Gasteiger partial charge in [-0.05, 0) is 39.8 Å². The minimum Gasteiger partial charge on any atom is -0.507 e. The fraction of sp³-hybridized carbons (Fsp3) is 0.310. The molecule has 34 heavy (non-hydrogen) atoms. The van der Waals surface area contributed by atoms with Gasteiger partial charge in [-0.15, -0.1) is 0 Å². The fourth-order valence-corrected chi connectivity index (χ4v) is 4.49. The van der Waals surface area contributed by atoms with E-state index in [2.05, 4.69) is 20.8 Å². The number of likely N-dealkylation sites (tertiary alicyclic amines) is 1. The van der Waals surface area contributed by atoms with Gasteiger partial charge < -0.3 is 14.7 Å². The van der Waals surface area contributed by atoms with Gasteiger partial charge in [0.05, 0.1) is 11.6 Å². The number of rotatable bonds is 6. The minimum atomic E-state index is -0.659. The summed E-state index contributed by atoms with van der Waals surface area (Å²) in [5, 5.41) is 13.3. The van der Waals surface area contributed by atoms with E-state index in [4.69, 9.17) is 4.74 Å². The monoisotopic (exact) mass is 457 g/mol. The Hall–Kier alpha value is -3.44. The summed E-state index contributed by atoms with van der Waals surface area (Å²) in [4.78, 5) is 27.8. The Balaban J connectivity index is 1.83. The van der Waals surface area contributed by atoms with Gasteiger partial charge in [-0.2, -0.15) is 0 Å². The lowest BCUT2D eigenvalue weighted by molar-refractivity contribution is -0.140. The van der Waals surface area contributed by atoms with E-state index < -0.39 is 17.7 Å². The molecule has 1 heterocycles. The lowest BCUT2D eigenvalue weighted by Gasteiger charge is -2.26. The second kappa shape index (κ2) is 9.43. The smallest absolute Gasteiger partial charge is 0.295 e. The Morgan fingerprint density at radius 2 is 1.65 bits per heavy atom. The number of carbonyl (C=O) groups is 2. The number of nitrogens with zero attached hydrogens (tertiary/aromatic N) is 1. The normalized spacial score (nSPS) is 18.1. The molecule has 0 bridgehead atoms. The molecule has 1 aliphatic heterocycles. The maximum atomic E-state index is 13.2. The van der Waals surface area contributed by atoms with Gasteiger partial charge in [-0.3, -0.25) is 9.59 Å². The molecule has 1 N–H and O–H groups in total. The molecule has 1 saturated heterocycles. The molecule has 1 aliphatic rings. The average Bonchev–Trinajstić information content (AvgIpc) is 3.08. The van der Waals surface area contributed by atoms with E-state index in [0.29, 0.717) is 25.1 Å². The van der Waals surface area contributed by atoms with Gasteiger partial charge in [0, 0.05) is 25.8 Å². The summed E-state index contributed by atoms with van der Waals surface area (Å²) >= 11 is 0. The summed E-state index contributed by atoms with van der Waals surface area (Å²) in [6.07, 6.45) is 0.593. The summed E-state index contributed by atoms with van der Waals surface area (Å²) < 4.78 is 5.16. The number of hydrogen-bond acceptors (Lipinski definition) is 4. The van der Waals surface area contributed by atoms with Crippen LogP contribution in [0.15, 0.2) is 72.3 Å². The first-order valence-electron chi connectivity index (χ1n) is 11.6. The first kappa shape index (κ1) is 23.7. The molecule has 4 rings (SSSR count). The lowest BCUT2D eigenvalue weighted by atomic mass is 9.85. The third-order valence-corrected chi connectivity index (χ3v) is 6.40. The van der Waals surface area contributed by atoms with Gasteiger partial charge >= 0.3 is 0 Å². The van der Waals surface area contributed by atoms with E-state index in [9.17, 15) is 14.7 Å². The van der Waals surface area contributed by atoms with Crippen molar-refractivity contribution in [2.24, 2.45) is 0 Å². The van der Waals surface area contributed by atoms with Gasteiger partial charge in [-0.1, -0.05) is 81.4 Å². The SMILES string of the molecule is COCCCN1C(=O)C(=O)/C(=C(\O)c2ccc3ccccc3c2)C1c1ccc(C(C)(C)C)cc1. The van der Waals surface area contributed by atoms with Gasteiger partial charge in [0.1, 0.15) is 5.76 Å². The van der Waals surface area contributed by atoms with Crippen molar-refractivity contribution in [2.75, 3.05) is 20.3 Å². The Labute approximate surface area is 200 Å². The Morgan fingerprint density at radius 3 is 2.29 bits per heavy atom. The predicted octanol–water partition coefficient (Wildman–Crippen LogP) is 5.60. The third-order valence-electron chi connectivity index (χ3n) is 6.40. The van der Waals surface area contributed by atoms with Crippen molar-refractivity contribution in [3.63, 3.8) is 0 Å². The van der Waals surface area contributed by atoms with Crippen LogP contribution in [0.2, 0.25) is 0 Å². The van der Waals surface area contributed by atoms with Gasteiger partial charge in [0.25, 0.3) is 11.7 Å². The average molecular weight is 458 g/mol. The van der Waals surface area contributed by atoms with Crippen LogP contribution < -0.4 is 0 Å². The number of ketones is 1. The highest BCUT2D eigenvalue weighted by atomic mass is 16.5. The molecule has 1 amide bonds. The van der Waals surface area contributed by atoms with E-state index in [1.54, 1.807) is 18.1 Å². The molecule has 0 spiro atoms. The number of carbonyl (C=O) groups excluding carboxylic acids is 2. The number of methoxy groups -OCH3 is 1. The Morgan fingerprint density at radius 1 is 0.971 bits per heavy atom. The summed E-state index contributed by atoms with van der Waals surface area (Å²) in [5.41, 5.74) is 2.57. The van der Waals surface area contributed by atoms with Crippen molar-refractivity contribution >= 4 is 28.2 Å². The van der Waals surface area contributed by atoms with Crippen LogP contribution in [0.25, 0.3) is 16.5 Å². The van der Waals surface area contributed by atoms with E-state index in [-0.39, 0.29) is 16.7 Å². The van der Waals surface area contributed by atoms with Gasteiger partial charge in [0.2, 0.25) is 0 Å². The highest BCUT2D eigenvalue weighted by molar-refractivity contribution is 6.46. The number of benzene rings is 3. The largest absolute Gasteiger partial charge is 0.507 e. The number of fused-ring (bicyclic) bond motifs is 1. The molecule has 1 atom stereocenters. The first-order valence-corrected chi connectivity index (χ1v) is 11.6. The zero-order valence-electron chi connectivity index (χ0n) is 20.2. The summed E-state index contributed by atoms with van der Waals surface area (Å²) in [7, 11) is 1.61. The second-order valence-electron chi connectivity index (χ2n) is 9.77. The summed E-state index contributed by atoms with van der Waals surface area (Å²) in [6.45, 7) is 7.25. The zero-order valence-corrected chi connectivity index (χ0v) is 20.2. The maximum absolute atomic E-state index is 13.2. The molecule has 3 aromatic rings. The fourth-order valence-electron chi connectivity index (χ4n) is 4.49. The van der Waals surface area contributed by atoms with Crippen LogP contribution in [0.3, 0.4) is 0 Å². The molecule has 3 aromatic carbocycles. The molecule has 0 saturated carbocycles. The van der Waals surface area contributed by atoms with Gasteiger partial charge in [-0.25, -0.2) is 0 Å². The molecule has 1 fully saturated rings. The Kier molecular flexibility index (Phi) is 6.58. The van der Waals surface area contributed by atoms with Crippen LogP contribution in [-0.4, -0.2) is 42.0 Å². The van der Waals surface area contributed by atoms with Crippen molar-refractivity contribution in [3.8, 4) is 0 Å². The number of aliphatic hydroxyl groups excluding tert-OH is 1. The number of aliphatic hydroxyl groups is 1. The van der Waals surface area contributed by atoms with Crippen LogP contribution in [-0.2, 0) is 19.7 Å². The van der Waals surface area contributed by atoms with Crippen LogP contribution in [0.1, 0.15) is 49.9 Å². The highest BCUT2D eigenvalue weighted by Gasteiger charge is 2.45. The Bertz CT molecular complexity index is 1250. The molecular weight excluding hydrogens is 426 g/mol. The molecule has 0 aliphatic carbocycles. The number of amides is 1. The molecule has 0 radical (unpaired) electrons. The van der Waals surface area contributed by atoms with Crippen LogP contribution in [0.5, 0.6) is 0 Å². The van der Waals surface area contributed by atoms with Crippen molar-refractivity contribution < 1.29 is 19.4 Å². The van der Waals surface area contributed by atoms with Crippen molar-refractivity contribution in [1.82, 2.24) is 4.90 Å². The van der Waals surface area contributed by atoms with Crippen LogP contribution >= 0.6 is 0 Å². The molecular formula is C29H31NO4. The maximum Gasteiger partial charge on any atom is 0.295 e. The quantitative estimate of drug-likeness (QED) is 0.227. The predicted molar refractivity (Wildman–Crippen MR) is 135 cm³/mol. The standard InChI is InChI=1S/C29H31NO4/c1-29(2,3)23-14-12-20(13-15-23)25-24(27(32)28(33)30(25)16-7-17-34-4)26(31)22-11-10-19-8-5-6-9-21(19)18-22/h5-6,8-15,18,25,31H,7,16-17H2,1-4H3/b26-24-. The summed E-state index contributed by atoms with van der Waals surface area (Å²) in [6, 6.07) is 20.7. The molecule has 5 nitrogen and oxygen atoms in total. The van der Waals surface area contributed by atoms with Crippen molar-refractivity contribution in [1.29, 1.82) is 0 Å². The summed E-state index contributed by atoms with van der Waals surface area (Å²) in [5.74, 6) is -1.40. The van der Waals surface area contributed by atoms with Gasteiger partial charge in [0.15, 0.2) is 0 Å². The molecule has 0 aromatic heterocycles. The van der Waals surface area contributed by atoms with Crippen LogP contribution in [0, 0.1) is 0 Å².